The maximum atomic E-state index is 10.7. The summed E-state index contributed by atoms with van der Waals surface area (Å²) >= 11 is 0. The molecule has 1 aromatic carbocycles. The molecule has 0 spiro atoms. The van der Waals surface area contributed by atoms with Gasteiger partial charge in [0.2, 0.25) is 0 Å². The Bertz CT molecular complexity index is 379. The zero-order valence-corrected chi connectivity index (χ0v) is 10.1. The first kappa shape index (κ1) is 13.5. The predicted molar refractivity (Wildman–Crippen MR) is 64.2 cm³/mol. The minimum Gasteiger partial charge on any atom is -0.493 e. The van der Waals surface area contributed by atoms with E-state index in [4.69, 9.17) is 9.84 Å². The summed E-state index contributed by atoms with van der Waals surface area (Å²) in [6.07, 6.45) is 0.438. The molecule has 0 heterocycles. The van der Waals surface area contributed by atoms with E-state index in [-0.39, 0.29) is 6.42 Å². The third-order valence-electron chi connectivity index (χ3n) is 2.29. The van der Waals surface area contributed by atoms with Gasteiger partial charge in [-0.05, 0) is 19.9 Å². The lowest BCUT2D eigenvalue weighted by molar-refractivity contribution is -0.136. The van der Waals surface area contributed by atoms with Crippen LogP contribution in [-0.2, 0) is 11.2 Å². The average Bonchev–Trinajstić information content (AvgIpc) is 2.18. The first-order valence-electron chi connectivity index (χ1n) is 5.53. The van der Waals surface area contributed by atoms with Crippen LogP contribution in [0.25, 0.3) is 0 Å². The molecule has 4 heteroatoms. The molecule has 0 saturated carbocycles. The van der Waals surface area contributed by atoms with Gasteiger partial charge >= 0.3 is 5.97 Å². The fraction of sp³-hybridized carbons (Fsp3) is 0.462. The minimum atomic E-state index is -0.886. The Morgan fingerprint density at radius 1 is 1.35 bits per heavy atom. The van der Waals surface area contributed by atoms with Crippen molar-refractivity contribution in [3.63, 3.8) is 0 Å². The first-order chi connectivity index (χ1) is 7.88. The summed E-state index contributed by atoms with van der Waals surface area (Å²) in [5, 5.41) is 18.3. The van der Waals surface area contributed by atoms with E-state index in [1.807, 2.05) is 0 Å². The molecule has 0 bridgehead atoms. The standard InChI is InChI=1S/C13H18O4/c1-13(2,16)7-8-17-11-6-4-3-5-10(11)9-12(14)15/h3-6,16H,7-9H2,1-2H3,(H,14,15). The summed E-state index contributed by atoms with van der Waals surface area (Å²) in [7, 11) is 0. The van der Waals surface area contributed by atoms with Gasteiger partial charge in [0.05, 0.1) is 18.6 Å². The molecule has 0 fully saturated rings. The van der Waals surface area contributed by atoms with Crippen molar-refractivity contribution < 1.29 is 19.7 Å². The highest BCUT2D eigenvalue weighted by Crippen LogP contribution is 2.19. The third kappa shape index (κ3) is 5.36. The molecule has 1 rings (SSSR count). The van der Waals surface area contributed by atoms with E-state index < -0.39 is 11.6 Å². The van der Waals surface area contributed by atoms with Crippen LogP contribution in [0.1, 0.15) is 25.8 Å². The molecule has 0 saturated heterocycles. The van der Waals surface area contributed by atoms with Gasteiger partial charge in [0.15, 0.2) is 0 Å². The Labute approximate surface area is 101 Å². The number of carboxylic acid groups (broad SMARTS) is 1. The molecule has 0 radical (unpaired) electrons. The van der Waals surface area contributed by atoms with Crippen LogP contribution in [0.4, 0.5) is 0 Å². The predicted octanol–water partition coefficient (Wildman–Crippen LogP) is 1.85. The van der Waals surface area contributed by atoms with Gasteiger partial charge in [-0.2, -0.15) is 0 Å². The number of hydrogen-bond acceptors (Lipinski definition) is 3. The van der Waals surface area contributed by atoms with Crippen molar-refractivity contribution in [2.24, 2.45) is 0 Å². The monoisotopic (exact) mass is 238 g/mol. The Morgan fingerprint density at radius 2 is 2.00 bits per heavy atom. The molecule has 0 atom stereocenters. The molecule has 4 nitrogen and oxygen atoms in total. The van der Waals surface area contributed by atoms with Crippen molar-refractivity contribution >= 4 is 5.97 Å². The Morgan fingerprint density at radius 3 is 2.59 bits per heavy atom. The number of hydrogen-bond donors (Lipinski definition) is 2. The van der Waals surface area contributed by atoms with E-state index in [0.717, 1.165) is 0 Å². The molecule has 2 N–H and O–H groups in total. The Hall–Kier alpha value is -1.55. The van der Waals surface area contributed by atoms with Crippen molar-refractivity contribution in [3.05, 3.63) is 29.8 Å². The fourth-order valence-corrected chi connectivity index (χ4v) is 1.36. The number of benzene rings is 1. The maximum absolute atomic E-state index is 10.7. The molecule has 1 aromatic rings. The number of carbonyl (C=O) groups is 1. The van der Waals surface area contributed by atoms with Gasteiger partial charge < -0.3 is 14.9 Å². The number of aliphatic carboxylic acids is 1. The van der Waals surface area contributed by atoms with Crippen molar-refractivity contribution in [2.75, 3.05) is 6.61 Å². The highest BCUT2D eigenvalue weighted by atomic mass is 16.5. The SMILES string of the molecule is CC(C)(O)CCOc1ccccc1CC(=O)O. The molecule has 0 aliphatic heterocycles. The largest absolute Gasteiger partial charge is 0.493 e. The van der Waals surface area contributed by atoms with Crippen LogP contribution in [0.3, 0.4) is 0 Å². The van der Waals surface area contributed by atoms with Gasteiger partial charge in [-0.1, -0.05) is 18.2 Å². The van der Waals surface area contributed by atoms with Gasteiger partial charge in [-0.25, -0.2) is 0 Å². The Kier molecular flexibility index (Phi) is 4.52. The van der Waals surface area contributed by atoms with E-state index in [0.29, 0.717) is 24.3 Å². The van der Waals surface area contributed by atoms with Crippen LogP contribution >= 0.6 is 0 Å². The topological polar surface area (TPSA) is 66.8 Å². The summed E-state index contributed by atoms with van der Waals surface area (Å²) in [6, 6.07) is 7.04. The fourth-order valence-electron chi connectivity index (χ4n) is 1.36. The van der Waals surface area contributed by atoms with Gasteiger partial charge in [-0.3, -0.25) is 4.79 Å². The molecule has 0 aliphatic rings. The molecule has 0 unspecified atom stereocenters. The average molecular weight is 238 g/mol. The first-order valence-corrected chi connectivity index (χ1v) is 5.53. The Balaban J connectivity index is 2.61. The third-order valence-corrected chi connectivity index (χ3v) is 2.29. The van der Waals surface area contributed by atoms with Crippen LogP contribution in [0.2, 0.25) is 0 Å². The van der Waals surface area contributed by atoms with Crippen LogP contribution in [0, 0.1) is 0 Å². The van der Waals surface area contributed by atoms with Crippen LogP contribution in [0.5, 0.6) is 5.75 Å². The molecular weight excluding hydrogens is 220 g/mol. The summed E-state index contributed by atoms with van der Waals surface area (Å²) in [5.41, 5.74) is -0.127. The summed E-state index contributed by atoms with van der Waals surface area (Å²) in [4.78, 5) is 10.7. The lowest BCUT2D eigenvalue weighted by Crippen LogP contribution is -2.22. The van der Waals surface area contributed by atoms with Gasteiger partial charge in [-0.15, -0.1) is 0 Å². The molecule has 0 amide bonds. The lowest BCUT2D eigenvalue weighted by Gasteiger charge is -2.17. The van der Waals surface area contributed by atoms with Crippen molar-refractivity contribution in [3.8, 4) is 5.75 Å². The number of ether oxygens (including phenoxy) is 1. The van der Waals surface area contributed by atoms with Gasteiger partial charge in [0.25, 0.3) is 0 Å². The summed E-state index contributed by atoms with van der Waals surface area (Å²) in [6.45, 7) is 3.78. The second-order valence-electron chi connectivity index (χ2n) is 4.59. The van der Waals surface area contributed by atoms with Crippen LogP contribution in [-0.4, -0.2) is 28.4 Å². The second-order valence-corrected chi connectivity index (χ2v) is 4.59. The normalized spacial score (nSPS) is 11.2. The van der Waals surface area contributed by atoms with Crippen molar-refractivity contribution in [1.82, 2.24) is 0 Å². The maximum Gasteiger partial charge on any atom is 0.307 e. The van der Waals surface area contributed by atoms with E-state index in [2.05, 4.69) is 0 Å². The molecule has 0 aromatic heterocycles. The van der Waals surface area contributed by atoms with Crippen molar-refractivity contribution in [2.45, 2.75) is 32.3 Å². The van der Waals surface area contributed by atoms with Crippen LogP contribution < -0.4 is 4.74 Å². The van der Waals surface area contributed by atoms with Gasteiger partial charge in [0, 0.05) is 12.0 Å². The number of rotatable bonds is 6. The zero-order valence-electron chi connectivity index (χ0n) is 10.1. The van der Waals surface area contributed by atoms with Crippen LogP contribution in [0.15, 0.2) is 24.3 Å². The quantitative estimate of drug-likeness (QED) is 0.793. The highest BCUT2D eigenvalue weighted by Gasteiger charge is 2.13. The molecule has 17 heavy (non-hydrogen) atoms. The number of aliphatic hydroxyl groups is 1. The second kappa shape index (κ2) is 5.68. The lowest BCUT2D eigenvalue weighted by atomic mass is 10.1. The highest BCUT2D eigenvalue weighted by molar-refractivity contribution is 5.71. The number of carboxylic acids is 1. The van der Waals surface area contributed by atoms with Gasteiger partial charge in [0.1, 0.15) is 5.75 Å². The van der Waals surface area contributed by atoms with E-state index in [9.17, 15) is 9.90 Å². The summed E-state index contributed by atoms with van der Waals surface area (Å²) in [5.74, 6) is -0.317. The van der Waals surface area contributed by atoms with E-state index in [1.54, 1.807) is 38.1 Å². The smallest absolute Gasteiger partial charge is 0.307 e. The molecule has 0 aliphatic carbocycles. The minimum absolute atomic E-state index is 0.0569. The van der Waals surface area contributed by atoms with E-state index in [1.165, 1.54) is 0 Å². The number of para-hydroxylation sites is 1. The van der Waals surface area contributed by atoms with Crippen molar-refractivity contribution in [1.29, 1.82) is 0 Å². The molecular formula is C13H18O4. The summed E-state index contributed by atoms with van der Waals surface area (Å²) < 4.78 is 5.49. The van der Waals surface area contributed by atoms with E-state index >= 15 is 0 Å². The zero-order chi connectivity index (χ0) is 12.9. The molecule has 94 valence electrons.